The summed E-state index contributed by atoms with van der Waals surface area (Å²) in [6.45, 7) is 9.23. The average Bonchev–Trinajstić information content (AvgIpc) is 2.26. The summed E-state index contributed by atoms with van der Waals surface area (Å²) < 4.78 is 16.7. The maximum absolute atomic E-state index is 11.8. The minimum atomic E-state index is -0.842. The number of hydrogen-bond donors (Lipinski definition) is 2. The van der Waals surface area contributed by atoms with Gasteiger partial charge in [0.2, 0.25) is 0 Å². The van der Waals surface area contributed by atoms with Crippen molar-refractivity contribution in [3.05, 3.63) is 0 Å². The lowest BCUT2D eigenvalue weighted by atomic mass is 10.3. The van der Waals surface area contributed by atoms with Crippen LogP contribution in [-0.4, -0.2) is 54.0 Å². The lowest BCUT2D eigenvalue weighted by Crippen LogP contribution is -2.45. The standard InChI is InChI=1S/C12H27N3O2S.HI/c1-10(9-17-6)15-11(13-5)14-7-8-18(16)12(2,3)4;/h10H,7-9H2,1-6H3,(H2,13,14,15);1H. The predicted octanol–water partition coefficient (Wildman–Crippen LogP) is 1.35. The number of aliphatic imine (C=N–C) groups is 1. The molecule has 0 aromatic rings. The van der Waals surface area contributed by atoms with Crippen molar-refractivity contribution in [1.29, 1.82) is 0 Å². The highest BCUT2D eigenvalue weighted by Gasteiger charge is 2.18. The molecule has 0 rings (SSSR count). The molecule has 2 atom stereocenters. The smallest absolute Gasteiger partial charge is 0.191 e. The van der Waals surface area contributed by atoms with E-state index in [9.17, 15) is 4.21 Å². The van der Waals surface area contributed by atoms with Crippen LogP contribution in [0.2, 0.25) is 0 Å². The van der Waals surface area contributed by atoms with Crippen molar-refractivity contribution in [3.8, 4) is 0 Å². The highest BCUT2D eigenvalue weighted by Crippen LogP contribution is 2.10. The fourth-order valence-corrected chi connectivity index (χ4v) is 2.19. The third-order valence-electron chi connectivity index (χ3n) is 2.29. The zero-order valence-corrected chi connectivity index (χ0v) is 15.9. The summed E-state index contributed by atoms with van der Waals surface area (Å²) in [5.74, 6) is 1.33. The number of ether oxygens (including phenoxy) is 1. The Labute approximate surface area is 136 Å². The number of halogens is 1. The lowest BCUT2D eigenvalue weighted by molar-refractivity contribution is 0.179. The summed E-state index contributed by atoms with van der Waals surface area (Å²) in [4.78, 5) is 4.11. The summed E-state index contributed by atoms with van der Waals surface area (Å²) >= 11 is 0. The van der Waals surface area contributed by atoms with E-state index < -0.39 is 10.8 Å². The number of rotatable bonds is 6. The second-order valence-corrected chi connectivity index (χ2v) is 7.49. The zero-order chi connectivity index (χ0) is 14.2. The predicted molar refractivity (Wildman–Crippen MR) is 94.0 cm³/mol. The molecule has 0 saturated heterocycles. The van der Waals surface area contributed by atoms with Gasteiger partial charge in [0, 0.05) is 48.0 Å². The van der Waals surface area contributed by atoms with E-state index in [1.165, 1.54) is 0 Å². The first-order chi connectivity index (χ1) is 8.31. The van der Waals surface area contributed by atoms with Crippen LogP contribution in [-0.2, 0) is 15.5 Å². The molecule has 0 aliphatic rings. The molecule has 19 heavy (non-hydrogen) atoms. The number of guanidine groups is 1. The fraction of sp³-hybridized carbons (Fsp3) is 0.917. The topological polar surface area (TPSA) is 62.7 Å². The second kappa shape index (κ2) is 10.8. The van der Waals surface area contributed by atoms with Crippen LogP contribution in [0.5, 0.6) is 0 Å². The molecule has 0 radical (unpaired) electrons. The molecule has 0 heterocycles. The first-order valence-electron chi connectivity index (χ1n) is 6.16. The third kappa shape index (κ3) is 10.5. The Hall–Kier alpha value is 0.110. The first kappa shape index (κ1) is 21.4. The average molecular weight is 405 g/mol. The van der Waals surface area contributed by atoms with Crippen molar-refractivity contribution in [2.45, 2.75) is 38.5 Å². The largest absolute Gasteiger partial charge is 0.383 e. The van der Waals surface area contributed by atoms with Crippen molar-refractivity contribution in [3.63, 3.8) is 0 Å². The Morgan fingerprint density at radius 3 is 2.42 bits per heavy atom. The lowest BCUT2D eigenvalue weighted by Gasteiger charge is -2.20. The van der Waals surface area contributed by atoms with Crippen molar-refractivity contribution in [2.75, 3.05) is 33.1 Å². The normalized spacial score (nSPS) is 15.4. The molecule has 0 fully saturated rings. The minimum Gasteiger partial charge on any atom is -0.383 e. The van der Waals surface area contributed by atoms with Gasteiger partial charge in [0.15, 0.2) is 5.96 Å². The van der Waals surface area contributed by atoms with Gasteiger partial charge in [-0.15, -0.1) is 24.0 Å². The summed E-state index contributed by atoms with van der Waals surface area (Å²) in [6.07, 6.45) is 0. The van der Waals surface area contributed by atoms with E-state index in [0.717, 1.165) is 0 Å². The van der Waals surface area contributed by atoms with Crippen LogP contribution >= 0.6 is 24.0 Å². The van der Waals surface area contributed by atoms with E-state index in [0.29, 0.717) is 24.9 Å². The molecule has 116 valence electrons. The highest BCUT2D eigenvalue weighted by molar-refractivity contribution is 14.0. The molecule has 0 spiro atoms. The quantitative estimate of drug-likeness (QED) is 0.398. The Morgan fingerprint density at radius 1 is 1.42 bits per heavy atom. The Kier molecular flexibility index (Phi) is 12.2. The van der Waals surface area contributed by atoms with Gasteiger partial charge in [-0.3, -0.25) is 9.20 Å². The molecular formula is C12H28IN3O2S. The number of hydrogen-bond acceptors (Lipinski definition) is 3. The summed E-state index contributed by atoms with van der Waals surface area (Å²) in [5.41, 5.74) is 0. The number of nitrogens with zero attached hydrogens (tertiary/aromatic N) is 1. The van der Waals surface area contributed by atoms with Crippen LogP contribution in [0.25, 0.3) is 0 Å². The van der Waals surface area contributed by atoms with Gasteiger partial charge in [-0.05, 0) is 27.7 Å². The van der Waals surface area contributed by atoms with Crippen molar-refractivity contribution in [1.82, 2.24) is 10.6 Å². The Morgan fingerprint density at radius 2 is 2.00 bits per heavy atom. The van der Waals surface area contributed by atoms with Crippen LogP contribution in [0.1, 0.15) is 27.7 Å². The molecule has 0 aliphatic carbocycles. The Bertz CT molecular complexity index is 293. The maximum atomic E-state index is 11.8. The summed E-state index contributed by atoms with van der Waals surface area (Å²) in [7, 11) is 2.54. The van der Waals surface area contributed by atoms with Crippen molar-refractivity contribution < 1.29 is 8.95 Å². The van der Waals surface area contributed by atoms with Crippen LogP contribution < -0.4 is 10.6 Å². The summed E-state index contributed by atoms with van der Waals surface area (Å²) in [5, 5.41) is 6.35. The first-order valence-corrected chi connectivity index (χ1v) is 7.47. The van der Waals surface area contributed by atoms with E-state index >= 15 is 0 Å². The maximum Gasteiger partial charge on any atom is 0.191 e. The van der Waals surface area contributed by atoms with Crippen molar-refractivity contribution in [2.24, 2.45) is 4.99 Å². The van der Waals surface area contributed by atoms with E-state index in [-0.39, 0.29) is 34.8 Å². The third-order valence-corrected chi connectivity index (χ3v) is 4.23. The fourth-order valence-electron chi connectivity index (χ4n) is 1.29. The van der Waals surface area contributed by atoms with Gasteiger partial charge in [0.05, 0.1) is 6.61 Å². The van der Waals surface area contributed by atoms with Gasteiger partial charge in [0.1, 0.15) is 0 Å². The minimum absolute atomic E-state index is 0. The Balaban J connectivity index is 0. The molecule has 0 aromatic carbocycles. The number of methoxy groups -OCH3 is 1. The van der Waals surface area contributed by atoms with Gasteiger partial charge < -0.3 is 15.4 Å². The highest BCUT2D eigenvalue weighted by atomic mass is 127. The van der Waals surface area contributed by atoms with Gasteiger partial charge in [-0.25, -0.2) is 0 Å². The van der Waals surface area contributed by atoms with Gasteiger partial charge in [-0.2, -0.15) is 0 Å². The molecule has 2 unspecified atom stereocenters. The van der Waals surface area contributed by atoms with E-state index in [2.05, 4.69) is 15.6 Å². The van der Waals surface area contributed by atoms with Crippen LogP contribution in [0.3, 0.4) is 0 Å². The van der Waals surface area contributed by atoms with E-state index in [4.69, 9.17) is 4.74 Å². The van der Waals surface area contributed by atoms with E-state index in [1.807, 2.05) is 27.7 Å². The van der Waals surface area contributed by atoms with Gasteiger partial charge >= 0.3 is 0 Å². The molecule has 0 saturated carbocycles. The second-order valence-electron chi connectivity index (χ2n) is 5.16. The molecule has 0 amide bonds. The molecule has 0 aromatic heterocycles. The summed E-state index contributed by atoms with van der Waals surface area (Å²) in [6, 6.07) is 0.189. The SMILES string of the molecule is CN=C(NCCS(=O)C(C)(C)C)NC(C)COC.I. The molecule has 5 nitrogen and oxygen atoms in total. The molecular weight excluding hydrogens is 377 g/mol. The zero-order valence-electron chi connectivity index (χ0n) is 12.8. The van der Waals surface area contributed by atoms with Crippen LogP contribution in [0.15, 0.2) is 4.99 Å². The van der Waals surface area contributed by atoms with Crippen LogP contribution in [0, 0.1) is 0 Å². The van der Waals surface area contributed by atoms with Crippen LogP contribution in [0.4, 0.5) is 0 Å². The molecule has 7 heteroatoms. The molecule has 0 bridgehead atoms. The monoisotopic (exact) mass is 405 g/mol. The van der Waals surface area contributed by atoms with Gasteiger partial charge in [0.25, 0.3) is 0 Å². The van der Waals surface area contributed by atoms with Crippen molar-refractivity contribution >= 4 is 40.7 Å². The molecule has 2 N–H and O–H groups in total. The van der Waals surface area contributed by atoms with Gasteiger partial charge in [-0.1, -0.05) is 0 Å². The number of nitrogens with one attached hydrogen (secondary N) is 2. The molecule has 0 aliphatic heterocycles. The van der Waals surface area contributed by atoms with E-state index in [1.54, 1.807) is 14.2 Å².